The summed E-state index contributed by atoms with van der Waals surface area (Å²) < 4.78 is 0. The molecule has 0 aromatic carbocycles. The lowest BCUT2D eigenvalue weighted by atomic mass is 9.90. The molecular formula is C11H19NO2S. The largest absolute Gasteiger partial charge is 0.480 e. The molecular weight excluding hydrogens is 210 g/mol. The van der Waals surface area contributed by atoms with Crippen LogP contribution in [0.2, 0.25) is 0 Å². The van der Waals surface area contributed by atoms with Crippen LogP contribution in [0.1, 0.15) is 25.7 Å². The molecule has 0 aliphatic carbocycles. The molecule has 4 heteroatoms. The van der Waals surface area contributed by atoms with E-state index in [-0.39, 0.29) is 6.04 Å². The lowest BCUT2D eigenvalue weighted by molar-refractivity contribution is -0.139. The van der Waals surface area contributed by atoms with E-state index in [1.54, 1.807) is 0 Å². The Morgan fingerprint density at radius 1 is 1.47 bits per heavy atom. The summed E-state index contributed by atoms with van der Waals surface area (Å²) in [5.41, 5.74) is 0. The van der Waals surface area contributed by atoms with E-state index in [0.29, 0.717) is 5.92 Å². The summed E-state index contributed by atoms with van der Waals surface area (Å²) in [6.07, 6.45) is 4.75. The Bertz CT molecular complexity index is 229. The van der Waals surface area contributed by atoms with Gasteiger partial charge < -0.3 is 10.4 Å². The van der Waals surface area contributed by atoms with Crippen LogP contribution in [0.25, 0.3) is 0 Å². The van der Waals surface area contributed by atoms with Gasteiger partial charge in [0.25, 0.3) is 0 Å². The number of nitrogens with one attached hydrogen (secondary N) is 1. The Kier molecular flexibility index (Phi) is 3.92. The first-order chi connectivity index (χ1) is 7.25. The molecule has 0 aromatic heterocycles. The second-order valence-electron chi connectivity index (χ2n) is 4.72. The summed E-state index contributed by atoms with van der Waals surface area (Å²) in [7, 11) is 0. The predicted octanol–water partition coefficient (Wildman–Crippen LogP) is 1.58. The van der Waals surface area contributed by atoms with Crippen molar-refractivity contribution in [3.63, 3.8) is 0 Å². The van der Waals surface area contributed by atoms with Gasteiger partial charge in [0, 0.05) is 0 Å². The van der Waals surface area contributed by atoms with E-state index in [2.05, 4.69) is 17.1 Å². The monoisotopic (exact) mass is 229 g/mol. The minimum absolute atomic E-state index is 0.286. The molecule has 2 heterocycles. The highest BCUT2D eigenvalue weighted by Crippen LogP contribution is 2.30. The Balaban J connectivity index is 1.74. The van der Waals surface area contributed by atoms with E-state index < -0.39 is 5.97 Å². The maximum absolute atomic E-state index is 10.8. The molecule has 86 valence electrons. The van der Waals surface area contributed by atoms with Crippen molar-refractivity contribution in [2.75, 3.05) is 18.1 Å². The maximum Gasteiger partial charge on any atom is 0.320 e. The number of carbonyl (C=O) groups is 1. The fraction of sp³-hybridized carbons (Fsp3) is 0.909. The highest BCUT2D eigenvalue weighted by molar-refractivity contribution is 7.99. The maximum atomic E-state index is 10.8. The molecule has 2 aliphatic heterocycles. The van der Waals surface area contributed by atoms with Crippen molar-refractivity contribution in [3.05, 3.63) is 0 Å². The van der Waals surface area contributed by atoms with Crippen molar-refractivity contribution in [2.45, 2.75) is 31.7 Å². The Labute approximate surface area is 95.0 Å². The van der Waals surface area contributed by atoms with E-state index in [1.165, 1.54) is 30.8 Å². The van der Waals surface area contributed by atoms with E-state index in [1.807, 2.05) is 0 Å². The molecule has 2 rings (SSSR count). The molecule has 0 bridgehead atoms. The lowest BCUT2D eigenvalue weighted by Gasteiger charge is -2.23. The SMILES string of the molecule is O=C(O)C1CC(CC2CCCSC2)CN1. The second-order valence-corrected chi connectivity index (χ2v) is 5.87. The van der Waals surface area contributed by atoms with Crippen LogP contribution in [0.4, 0.5) is 0 Å². The number of hydrogen-bond donors (Lipinski definition) is 2. The van der Waals surface area contributed by atoms with Crippen molar-refractivity contribution >= 4 is 17.7 Å². The second kappa shape index (κ2) is 5.21. The highest BCUT2D eigenvalue weighted by Gasteiger charge is 2.30. The van der Waals surface area contributed by atoms with Crippen LogP contribution in [0.15, 0.2) is 0 Å². The number of hydrogen-bond acceptors (Lipinski definition) is 3. The zero-order valence-corrected chi connectivity index (χ0v) is 9.76. The van der Waals surface area contributed by atoms with Gasteiger partial charge >= 0.3 is 5.97 Å². The van der Waals surface area contributed by atoms with Gasteiger partial charge in [-0.2, -0.15) is 11.8 Å². The minimum Gasteiger partial charge on any atom is -0.480 e. The normalized spacial score (nSPS) is 36.7. The van der Waals surface area contributed by atoms with Gasteiger partial charge in [-0.15, -0.1) is 0 Å². The first-order valence-electron chi connectivity index (χ1n) is 5.79. The molecule has 2 N–H and O–H groups in total. The average Bonchev–Trinajstić information content (AvgIpc) is 2.68. The Hall–Kier alpha value is -0.220. The molecule has 2 aliphatic rings. The summed E-state index contributed by atoms with van der Waals surface area (Å²) >= 11 is 2.06. The molecule has 0 radical (unpaired) electrons. The molecule has 0 amide bonds. The van der Waals surface area contributed by atoms with Gasteiger partial charge in [0.15, 0.2) is 0 Å². The third kappa shape index (κ3) is 3.11. The third-order valence-corrected chi connectivity index (χ3v) is 4.73. The van der Waals surface area contributed by atoms with Gasteiger partial charge in [0.05, 0.1) is 0 Å². The van der Waals surface area contributed by atoms with Crippen LogP contribution in [-0.4, -0.2) is 35.2 Å². The number of thioether (sulfide) groups is 1. The summed E-state index contributed by atoms with van der Waals surface area (Å²) in [5, 5.41) is 12.0. The first kappa shape index (κ1) is 11.3. The smallest absolute Gasteiger partial charge is 0.320 e. The van der Waals surface area contributed by atoms with E-state index in [0.717, 1.165) is 18.9 Å². The molecule has 3 unspecified atom stereocenters. The first-order valence-corrected chi connectivity index (χ1v) is 6.95. The van der Waals surface area contributed by atoms with Crippen molar-refractivity contribution in [2.24, 2.45) is 11.8 Å². The molecule has 2 saturated heterocycles. The quantitative estimate of drug-likeness (QED) is 0.771. The number of aliphatic carboxylic acids is 1. The van der Waals surface area contributed by atoms with Gasteiger partial charge in [-0.25, -0.2) is 0 Å². The van der Waals surface area contributed by atoms with Gasteiger partial charge in [-0.1, -0.05) is 0 Å². The van der Waals surface area contributed by atoms with Crippen LogP contribution in [0.3, 0.4) is 0 Å². The predicted molar refractivity (Wildman–Crippen MR) is 62.2 cm³/mol. The zero-order valence-electron chi connectivity index (χ0n) is 8.95. The third-order valence-electron chi connectivity index (χ3n) is 3.44. The molecule has 15 heavy (non-hydrogen) atoms. The number of carboxylic acid groups (broad SMARTS) is 1. The van der Waals surface area contributed by atoms with Crippen molar-refractivity contribution < 1.29 is 9.90 Å². The summed E-state index contributed by atoms with van der Waals surface area (Å²) in [4.78, 5) is 10.8. The van der Waals surface area contributed by atoms with Crippen LogP contribution >= 0.6 is 11.8 Å². The summed E-state index contributed by atoms with van der Waals surface area (Å²) in [6, 6.07) is -0.286. The Morgan fingerprint density at radius 3 is 2.93 bits per heavy atom. The van der Waals surface area contributed by atoms with E-state index in [9.17, 15) is 4.79 Å². The van der Waals surface area contributed by atoms with Crippen LogP contribution in [0.5, 0.6) is 0 Å². The number of rotatable bonds is 3. The fourth-order valence-electron chi connectivity index (χ4n) is 2.64. The molecule has 3 atom stereocenters. The standard InChI is InChI=1S/C11H19NO2S/c13-11(14)10-5-9(6-12-10)4-8-2-1-3-15-7-8/h8-10,12H,1-7H2,(H,13,14). The summed E-state index contributed by atoms with van der Waals surface area (Å²) in [6.45, 7) is 0.901. The van der Waals surface area contributed by atoms with Gasteiger partial charge in [0.2, 0.25) is 0 Å². The summed E-state index contributed by atoms with van der Waals surface area (Å²) in [5.74, 6) is 3.35. The van der Waals surface area contributed by atoms with Crippen LogP contribution in [0, 0.1) is 11.8 Å². The molecule has 0 spiro atoms. The fourth-order valence-corrected chi connectivity index (χ4v) is 3.81. The van der Waals surface area contributed by atoms with Crippen LogP contribution < -0.4 is 5.32 Å². The Morgan fingerprint density at radius 2 is 2.33 bits per heavy atom. The van der Waals surface area contributed by atoms with Crippen LogP contribution in [-0.2, 0) is 4.79 Å². The lowest BCUT2D eigenvalue weighted by Crippen LogP contribution is -2.29. The molecule has 0 aromatic rings. The zero-order chi connectivity index (χ0) is 10.7. The number of carboxylic acids is 1. The van der Waals surface area contributed by atoms with Crippen molar-refractivity contribution in [1.29, 1.82) is 0 Å². The topological polar surface area (TPSA) is 49.3 Å². The molecule has 3 nitrogen and oxygen atoms in total. The van der Waals surface area contributed by atoms with E-state index in [4.69, 9.17) is 5.11 Å². The molecule has 0 saturated carbocycles. The molecule has 2 fully saturated rings. The van der Waals surface area contributed by atoms with Crippen molar-refractivity contribution in [1.82, 2.24) is 5.32 Å². The van der Waals surface area contributed by atoms with Crippen molar-refractivity contribution in [3.8, 4) is 0 Å². The highest BCUT2D eigenvalue weighted by atomic mass is 32.2. The van der Waals surface area contributed by atoms with Gasteiger partial charge in [-0.3, -0.25) is 4.79 Å². The van der Waals surface area contributed by atoms with Gasteiger partial charge in [0.1, 0.15) is 6.04 Å². The van der Waals surface area contributed by atoms with E-state index >= 15 is 0 Å². The minimum atomic E-state index is -0.685. The average molecular weight is 229 g/mol. The van der Waals surface area contributed by atoms with Gasteiger partial charge in [-0.05, 0) is 55.6 Å².